The van der Waals surface area contributed by atoms with Crippen molar-refractivity contribution in [1.29, 1.82) is 0 Å². The fourth-order valence-electron chi connectivity index (χ4n) is 4.94. The van der Waals surface area contributed by atoms with Gasteiger partial charge in [0.15, 0.2) is 0 Å². The molecule has 184 valence electrons. The van der Waals surface area contributed by atoms with Crippen molar-refractivity contribution in [3.63, 3.8) is 0 Å². The minimum Gasteiger partial charge on any atom is -0.350 e. The number of benzene rings is 1. The van der Waals surface area contributed by atoms with E-state index in [1.165, 1.54) is 17.4 Å². The summed E-state index contributed by atoms with van der Waals surface area (Å²) in [5.41, 5.74) is -1.09. The monoisotopic (exact) mass is 498 g/mol. The van der Waals surface area contributed by atoms with E-state index in [9.17, 15) is 27.2 Å². The van der Waals surface area contributed by atoms with E-state index in [1.54, 1.807) is 6.20 Å². The van der Waals surface area contributed by atoms with E-state index in [0.29, 0.717) is 25.9 Å². The summed E-state index contributed by atoms with van der Waals surface area (Å²) >= 11 is 1.46. The third kappa shape index (κ3) is 5.75. The van der Waals surface area contributed by atoms with E-state index >= 15 is 0 Å². The number of hydrogen-bond donors (Lipinski definition) is 3. The Morgan fingerprint density at radius 2 is 2.03 bits per heavy atom. The van der Waals surface area contributed by atoms with Crippen molar-refractivity contribution in [3.8, 4) is 0 Å². The SMILES string of the molecule is O=C(CNC(=O)c1cccc(C(F)(F)F)c1)N[C@H]1CNCC1C1CCC(F)C(c2nccs2)C1. The van der Waals surface area contributed by atoms with Crippen molar-refractivity contribution < 1.29 is 27.2 Å². The average molecular weight is 499 g/mol. The van der Waals surface area contributed by atoms with Gasteiger partial charge in [-0.2, -0.15) is 13.2 Å². The quantitative estimate of drug-likeness (QED) is 0.533. The van der Waals surface area contributed by atoms with Crippen LogP contribution >= 0.6 is 11.3 Å². The normalized spacial score (nSPS) is 27.4. The first-order chi connectivity index (χ1) is 16.2. The third-order valence-corrected chi connectivity index (χ3v) is 7.56. The lowest BCUT2D eigenvalue weighted by Crippen LogP contribution is -2.47. The largest absolute Gasteiger partial charge is 0.416 e. The topological polar surface area (TPSA) is 83.1 Å². The van der Waals surface area contributed by atoms with Crippen molar-refractivity contribution in [2.45, 2.75) is 43.6 Å². The van der Waals surface area contributed by atoms with Crippen LogP contribution in [-0.4, -0.2) is 48.6 Å². The number of aromatic nitrogens is 1. The highest BCUT2D eigenvalue weighted by atomic mass is 32.1. The van der Waals surface area contributed by atoms with E-state index in [0.717, 1.165) is 29.6 Å². The predicted molar refractivity (Wildman–Crippen MR) is 119 cm³/mol. The van der Waals surface area contributed by atoms with Crippen molar-refractivity contribution in [2.75, 3.05) is 19.6 Å². The number of nitrogens with one attached hydrogen (secondary N) is 3. The Bertz CT molecular complexity index is 1000. The van der Waals surface area contributed by atoms with Gasteiger partial charge in [-0.3, -0.25) is 9.59 Å². The standard InChI is InChI=1S/C23H26F4N4O2S/c24-18-5-4-13(9-16(18)22-29-6-7-34-22)17-10-28-11-19(17)31-20(32)12-30-21(33)14-2-1-3-15(8-14)23(25,26)27/h1-3,6-8,13,16-19,28H,4-5,9-12H2,(H,30,33)(H,31,32)/t13?,16?,17?,18?,19-/m0/s1. The Balaban J connectivity index is 1.31. The van der Waals surface area contributed by atoms with Gasteiger partial charge in [-0.1, -0.05) is 6.07 Å². The molecule has 4 rings (SSSR count). The number of carbonyl (C=O) groups is 2. The lowest BCUT2D eigenvalue weighted by atomic mass is 9.73. The van der Waals surface area contributed by atoms with Crippen LogP contribution in [0.1, 0.15) is 46.1 Å². The molecule has 34 heavy (non-hydrogen) atoms. The number of halogens is 4. The summed E-state index contributed by atoms with van der Waals surface area (Å²) in [6.45, 7) is 0.917. The smallest absolute Gasteiger partial charge is 0.350 e. The number of thiazole rings is 1. The second kappa shape index (κ2) is 10.4. The zero-order valence-corrected chi connectivity index (χ0v) is 19.1. The molecule has 1 aromatic heterocycles. The molecule has 2 aromatic rings. The molecule has 2 aliphatic rings. The first kappa shape index (κ1) is 24.6. The summed E-state index contributed by atoms with van der Waals surface area (Å²) in [6.07, 6.45) is -1.94. The van der Waals surface area contributed by atoms with Crippen molar-refractivity contribution in [1.82, 2.24) is 20.9 Å². The number of hydrogen-bond acceptors (Lipinski definition) is 5. The molecule has 2 amide bonds. The Morgan fingerprint density at radius 3 is 2.76 bits per heavy atom. The second-order valence-electron chi connectivity index (χ2n) is 8.82. The Morgan fingerprint density at radius 1 is 1.21 bits per heavy atom. The van der Waals surface area contributed by atoms with Crippen LogP contribution in [0.25, 0.3) is 0 Å². The maximum atomic E-state index is 14.6. The third-order valence-electron chi connectivity index (χ3n) is 6.65. The highest BCUT2D eigenvalue weighted by Crippen LogP contribution is 2.43. The second-order valence-corrected chi connectivity index (χ2v) is 9.75. The van der Waals surface area contributed by atoms with Gasteiger partial charge in [-0.15, -0.1) is 11.3 Å². The van der Waals surface area contributed by atoms with Gasteiger partial charge in [0.25, 0.3) is 5.91 Å². The van der Waals surface area contributed by atoms with E-state index in [2.05, 4.69) is 20.9 Å². The van der Waals surface area contributed by atoms with Crippen LogP contribution in [0.4, 0.5) is 17.6 Å². The molecule has 1 aliphatic carbocycles. The summed E-state index contributed by atoms with van der Waals surface area (Å²) in [5.74, 6) is -1.06. The number of alkyl halides is 4. The Hall–Kier alpha value is -2.53. The van der Waals surface area contributed by atoms with Gasteiger partial charge in [0, 0.05) is 42.2 Å². The van der Waals surface area contributed by atoms with Crippen LogP contribution in [0.5, 0.6) is 0 Å². The highest BCUT2D eigenvalue weighted by Gasteiger charge is 2.41. The molecule has 1 aromatic carbocycles. The lowest BCUT2D eigenvalue weighted by Gasteiger charge is -2.36. The van der Waals surface area contributed by atoms with Gasteiger partial charge >= 0.3 is 6.18 Å². The molecule has 1 saturated carbocycles. The molecule has 6 nitrogen and oxygen atoms in total. The van der Waals surface area contributed by atoms with Crippen molar-refractivity contribution in [3.05, 3.63) is 52.0 Å². The first-order valence-electron chi connectivity index (χ1n) is 11.2. The average Bonchev–Trinajstić information content (AvgIpc) is 3.50. The molecule has 2 fully saturated rings. The number of carbonyl (C=O) groups excluding carboxylic acids is 2. The van der Waals surface area contributed by atoms with Gasteiger partial charge in [0.05, 0.1) is 17.1 Å². The lowest BCUT2D eigenvalue weighted by molar-refractivity contribution is -0.137. The van der Waals surface area contributed by atoms with Crippen molar-refractivity contribution >= 4 is 23.2 Å². The summed E-state index contributed by atoms with van der Waals surface area (Å²) in [6, 6.07) is 3.88. The number of rotatable bonds is 6. The summed E-state index contributed by atoms with van der Waals surface area (Å²) < 4.78 is 53.2. The molecular formula is C23H26F4N4O2S. The number of nitrogens with zero attached hydrogens (tertiary/aromatic N) is 1. The fraction of sp³-hybridized carbons (Fsp3) is 0.522. The molecule has 11 heteroatoms. The molecular weight excluding hydrogens is 472 g/mol. The van der Waals surface area contributed by atoms with Gasteiger partial charge in [-0.05, 0) is 49.3 Å². The summed E-state index contributed by atoms with van der Waals surface area (Å²) in [5, 5.41) is 11.2. The van der Waals surface area contributed by atoms with E-state index in [1.807, 2.05) is 5.38 Å². The highest BCUT2D eigenvalue weighted by molar-refractivity contribution is 7.09. The minimum absolute atomic E-state index is 0.123. The first-order valence-corrected chi connectivity index (χ1v) is 12.1. The van der Waals surface area contributed by atoms with Gasteiger partial charge < -0.3 is 16.0 Å². The molecule has 0 spiro atoms. The summed E-state index contributed by atoms with van der Waals surface area (Å²) in [4.78, 5) is 29.0. The Kier molecular flexibility index (Phi) is 7.51. The zero-order valence-electron chi connectivity index (χ0n) is 18.3. The van der Waals surface area contributed by atoms with Crippen LogP contribution < -0.4 is 16.0 Å². The molecule has 5 atom stereocenters. The predicted octanol–water partition coefficient (Wildman–Crippen LogP) is 3.52. The molecule has 3 N–H and O–H groups in total. The fourth-order valence-corrected chi connectivity index (χ4v) is 5.74. The molecule has 4 unspecified atom stereocenters. The molecule has 1 aliphatic heterocycles. The maximum absolute atomic E-state index is 14.6. The molecule has 2 heterocycles. The minimum atomic E-state index is -4.56. The van der Waals surface area contributed by atoms with Gasteiger partial charge in [0.1, 0.15) is 6.17 Å². The van der Waals surface area contributed by atoms with Crippen LogP contribution in [0.15, 0.2) is 35.8 Å². The zero-order chi connectivity index (χ0) is 24.3. The summed E-state index contributed by atoms with van der Waals surface area (Å²) in [7, 11) is 0. The van der Waals surface area contributed by atoms with Crippen LogP contribution in [-0.2, 0) is 11.0 Å². The van der Waals surface area contributed by atoms with Crippen molar-refractivity contribution in [2.24, 2.45) is 11.8 Å². The Labute approximate surface area is 198 Å². The van der Waals surface area contributed by atoms with Crippen LogP contribution in [0.2, 0.25) is 0 Å². The molecule has 0 bridgehead atoms. The van der Waals surface area contributed by atoms with E-state index in [-0.39, 0.29) is 35.9 Å². The van der Waals surface area contributed by atoms with Gasteiger partial charge in [-0.25, -0.2) is 9.37 Å². The molecule has 0 radical (unpaired) electrons. The van der Waals surface area contributed by atoms with Gasteiger partial charge in [0.2, 0.25) is 5.91 Å². The maximum Gasteiger partial charge on any atom is 0.416 e. The molecule has 1 saturated heterocycles. The van der Waals surface area contributed by atoms with E-state index in [4.69, 9.17) is 0 Å². The number of amides is 2. The van der Waals surface area contributed by atoms with E-state index < -0.39 is 29.7 Å². The van der Waals surface area contributed by atoms with Crippen LogP contribution in [0, 0.1) is 11.8 Å². The van der Waals surface area contributed by atoms with Crippen LogP contribution in [0.3, 0.4) is 0 Å².